The molecule has 0 saturated heterocycles. The molecule has 0 aromatic carbocycles. The summed E-state index contributed by atoms with van der Waals surface area (Å²) in [6.45, 7) is 2.71. The summed E-state index contributed by atoms with van der Waals surface area (Å²) in [5.74, 6) is 0.810. The van der Waals surface area contributed by atoms with E-state index in [1.54, 1.807) is 5.57 Å². The molecular weight excluding hydrogens is 148 g/mol. The Morgan fingerprint density at radius 2 is 2.50 bits per heavy atom. The van der Waals surface area contributed by atoms with Gasteiger partial charge < -0.3 is 5.11 Å². The lowest BCUT2D eigenvalue weighted by atomic mass is 9.76. The van der Waals surface area contributed by atoms with Crippen molar-refractivity contribution in [2.45, 2.75) is 39.0 Å². The fraction of sp³-hybridized carbons (Fsp3) is 0.818. The smallest absolute Gasteiger partial charge is 0.0436 e. The van der Waals surface area contributed by atoms with E-state index in [-0.39, 0.29) is 0 Å². The predicted molar refractivity (Wildman–Crippen MR) is 49.9 cm³/mol. The average Bonchev–Trinajstić information content (AvgIpc) is 2.57. The standard InChI is InChI=1S/C11H18O/c1-11(7-8-12)6-5-9-3-2-4-10(9)11/h3,10,12H,2,4-8H2,1H3. The lowest BCUT2D eigenvalue weighted by Crippen LogP contribution is -2.22. The summed E-state index contributed by atoms with van der Waals surface area (Å²) in [5, 5.41) is 8.99. The average molecular weight is 166 g/mol. The molecule has 1 N–H and O–H groups in total. The largest absolute Gasteiger partial charge is 0.396 e. The minimum Gasteiger partial charge on any atom is -0.396 e. The van der Waals surface area contributed by atoms with Gasteiger partial charge in [0.25, 0.3) is 0 Å². The van der Waals surface area contributed by atoms with Gasteiger partial charge in [-0.25, -0.2) is 0 Å². The summed E-state index contributed by atoms with van der Waals surface area (Å²) in [4.78, 5) is 0. The maximum Gasteiger partial charge on any atom is 0.0436 e. The Kier molecular flexibility index (Phi) is 1.99. The maximum absolute atomic E-state index is 8.99. The Bertz CT molecular complexity index is 207. The van der Waals surface area contributed by atoms with Crippen molar-refractivity contribution in [2.24, 2.45) is 11.3 Å². The quantitative estimate of drug-likeness (QED) is 0.625. The summed E-state index contributed by atoms with van der Waals surface area (Å²) in [6, 6.07) is 0. The number of hydrogen-bond donors (Lipinski definition) is 1. The Hall–Kier alpha value is -0.300. The zero-order chi connectivity index (χ0) is 8.60. The van der Waals surface area contributed by atoms with Gasteiger partial charge >= 0.3 is 0 Å². The third kappa shape index (κ3) is 1.11. The molecule has 0 aromatic rings. The molecule has 1 saturated carbocycles. The van der Waals surface area contributed by atoms with Crippen molar-refractivity contribution in [1.82, 2.24) is 0 Å². The topological polar surface area (TPSA) is 20.2 Å². The Morgan fingerprint density at radius 3 is 3.25 bits per heavy atom. The normalized spacial score (nSPS) is 39.8. The van der Waals surface area contributed by atoms with Gasteiger partial charge in [0.05, 0.1) is 0 Å². The molecule has 0 bridgehead atoms. The van der Waals surface area contributed by atoms with Gasteiger partial charge in [0.1, 0.15) is 0 Å². The lowest BCUT2D eigenvalue weighted by Gasteiger charge is -2.29. The van der Waals surface area contributed by atoms with Gasteiger partial charge in [-0.15, -0.1) is 0 Å². The van der Waals surface area contributed by atoms with Crippen LogP contribution in [0.1, 0.15) is 39.0 Å². The van der Waals surface area contributed by atoms with E-state index in [9.17, 15) is 0 Å². The second-order valence-corrected chi connectivity index (χ2v) is 4.54. The van der Waals surface area contributed by atoms with E-state index in [1.807, 2.05) is 0 Å². The molecule has 0 aromatic heterocycles. The highest BCUT2D eigenvalue weighted by Crippen LogP contribution is 2.53. The zero-order valence-corrected chi connectivity index (χ0v) is 7.84. The summed E-state index contributed by atoms with van der Waals surface area (Å²) in [5.41, 5.74) is 2.11. The van der Waals surface area contributed by atoms with Gasteiger partial charge in [-0.1, -0.05) is 18.6 Å². The van der Waals surface area contributed by atoms with Crippen LogP contribution in [-0.2, 0) is 0 Å². The highest BCUT2D eigenvalue weighted by Gasteiger charge is 2.42. The van der Waals surface area contributed by atoms with Crippen LogP contribution >= 0.6 is 0 Å². The molecule has 0 amide bonds. The van der Waals surface area contributed by atoms with Crippen LogP contribution in [0.2, 0.25) is 0 Å². The van der Waals surface area contributed by atoms with Crippen molar-refractivity contribution in [3.8, 4) is 0 Å². The minimum absolute atomic E-state index is 0.361. The first-order chi connectivity index (χ1) is 5.76. The molecule has 2 rings (SSSR count). The summed E-state index contributed by atoms with van der Waals surface area (Å²) in [6.07, 6.45) is 8.63. The van der Waals surface area contributed by atoms with Crippen molar-refractivity contribution >= 4 is 0 Å². The molecule has 12 heavy (non-hydrogen) atoms. The third-order valence-corrected chi connectivity index (χ3v) is 3.82. The predicted octanol–water partition coefficient (Wildman–Crippen LogP) is 2.51. The zero-order valence-electron chi connectivity index (χ0n) is 7.84. The van der Waals surface area contributed by atoms with Crippen LogP contribution in [0, 0.1) is 11.3 Å². The molecular formula is C11H18O. The molecule has 68 valence electrons. The molecule has 2 atom stereocenters. The molecule has 2 aliphatic rings. The van der Waals surface area contributed by atoms with Crippen molar-refractivity contribution in [2.75, 3.05) is 6.61 Å². The minimum atomic E-state index is 0.361. The highest BCUT2D eigenvalue weighted by atomic mass is 16.3. The van der Waals surface area contributed by atoms with Gasteiger partial charge in [-0.3, -0.25) is 0 Å². The van der Waals surface area contributed by atoms with Crippen molar-refractivity contribution in [1.29, 1.82) is 0 Å². The summed E-state index contributed by atoms with van der Waals surface area (Å²) < 4.78 is 0. The van der Waals surface area contributed by atoms with Crippen molar-refractivity contribution in [3.05, 3.63) is 11.6 Å². The van der Waals surface area contributed by atoms with Crippen LogP contribution in [0.25, 0.3) is 0 Å². The van der Waals surface area contributed by atoms with Gasteiger partial charge in [0, 0.05) is 6.61 Å². The number of allylic oxidation sites excluding steroid dienone is 2. The Morgan fingerprint density at radius 1 is 1.67 bits per heavy atom. The second-order valence-electron chi connectivity index (χ2n) is 4.54. The van der Waals surface area contributed by atoms with E-state index < -0.39 is 0 Å². The number of fused-ring (bicyclic) bond motifs is 1. The fourth-order valence-corrected chi connectivity index (χ4v) is 2.99. The van der Waals surface area contributed by atoms with E-state index in [0.29, 0.717) is 12.0 Å². The molecule has 2 aliphatic carbocycles. The molecule has 1 fully saturated rings. The van der Waals surface area contributed by atoms with Crippen molar-refractivity contribution in [3.63, 3.8) is 0 Å². The van der Waals surface area contributed by atoms with E-state index >= 15 is 0 Å². The van der Waals surface area contributed by atoms with Gasteiger partial charge in [0.2, 0.25) is 0 Å². The number of aliphatic hydroxyl groups is 1. The number of rotatable bonds is 2. The SMILES string of the molecule is CC1(CCO)CCC2=CCCC21. The van der Waals surface area contributed by atoms with E-state index in [4.69, 9.17) is 5.11 Å². The third-order valence-electron chi connectivity index (χ3n) is 3.82. The molecule has 0 heterocycles. The molecule has 0 radical (unpaired) electrons. The summed E-state index contributed by atoms with van der Waals surface area (Å²) in [7, 11) is 0. The fourth-order valence-electron chi connectivity index (χ4n) is 2.99. The van der Waals surface area contributed by atoms with Gasteiger partial charge in [-0.05, 0) is 43.4 Å². The lowest BCUT2D eigenvalue weighted by molar-refractivity contribution is 0.160. The molecule has 0 aliphatic heterocycles. The number of aliphatic hydroxyl groups excluding tert-OH is 1. The van der Waals surface area contributed by atoms with Crippen LogP contribution in [0.5, 0.6) is 0 Å². The van der Waals surface area contributed by atoms with E-state index in [1.165, 1.54) is 25.7 Å². The highest BCUT2D eigenvalue weighted by molar-refractivity contribution is 5.21. The van der Waals surface area contributed by atoms with Gasteiger partial charge in [-0.2, -0.15) is 0 Å². The number of hydrogen-bond acceptors (Lipinski definition) is 1. The van der Waals surface area contributed by atoms with Crippen LogP contribution in [0.3, 0.4) is 0 Å². The van der Waals surface area contributed by atoms with E-state index in [2.05, 4.69) is 13.0 Å². The molecule has 0 spiro atoms. The molecule has 1 heteroatoms. The van der Waals surface area contributed by atoms with Crippen LogP contribution < -0.4 is 0 Å². The van der Waals surface area contributed by atoms with E-state index in [0.717, 1.165) is 12.3 Å². The monoisotopic (exact) mass is 166 g/mol. The Labute approximate surface area is 74.5 Å². The first kappa shape index (κ1) is 8.31. The van der Waals surface area contributed by atoms with Crippen LogP contribution in [0.4, 0.5) is 0 Å². The molecule has 2 unspecified atom stereocenters. The summed E-state index contributed by atoms with van der Waals surface area (Å²) >= 11 is 0. The first-order valence-electron chi connectivity index (χ1n) is 5.06. The van der Waals surface area contributed by atoms with Gasteiger partial charge in [0.15, 0.2) is 0 Å². The van der Waals surface area contributed by atoms with Crippen molar-refractivity contribution < 1.29 is 5.11 Å². The second kappa shape index (κ2) is 2.88. The maximum atomic E-state index is 8.99. The van der Waals surface area contributed by atoms with Crippen LogP contribution in [-0.4, -0.2) is 11.7 Å². The first-order valence-corrected chi connectivity index (χ1v) is 5.06. The van der Waals surface area contributed by atoms with Crippen LogP contribution in [0.15, 0.2) is 11.6 Å². The Balaban J connectivity index is 2.13. The molecule has 1 nitrogen and oxygen atoms in total.